The second-order valence-electron chi connectivity index (χ2n) is 2.06. The molecule has 0 atom stereocenters. The molecule has 56 valence electrons. The molecule has 2 N–H and O–H groups in total. The Kier molecular flexibility index (Phi) is 2.03. The minimum absolute atomic E-state index is 0.231. The maximum absolute atomic E-state index is 5.14. The fraction of sp³-hybridized carbons (Fsp3) is 0.500. The number of hydrogen-bond acceptors (Lipinski definition) is 4. The molecule has 4 heteroatoms. The van der Waals surface area contributed by atoms with Gasteiger partial charge in [-0.1, -0.05) is 0 Å². The van der Waals surface area contributed by atoms with Gasteiger partial charge in [-0.05, 0) is 13.8 Å². The predicted octanol–water partition coefficient (Wildman–Crippen LogP) is 0.682. The topological polar surface area (TPSA) is 61.3 Å². The van der Waals surface area contributed by atoms with Gasteiger partial charge >= 0.3 is 0 Å². The summed E-state index contributed by atoms with van der Waals surface area (Å²) in [5, 5.41) is 0. The van der Waals surface area contributed by atoms with Crippen molar-refractivity contribution >= 4 is 0 Å². The Morgan fingerprint density at radius 3 is 2.70 bits per heavy atom. The number of nitrogens with two attached hydrogens (primary N) is 1. The van der Waals surface area contributed by atoms with E-state index >= 15 is 0 Å². The zero-order valence-electron chi connectivity index (χ0n) is 6.05. The van der Waals surface area contributed by atoms with E-state index in [1.165, 1.54) is 0 Å². The Labute approximate surface area is 58.9 Å². The number of rotatable bonds is 2. The molecule has 0 aliphatic heterocycles. The highest BCUT2D eigenvalue weighted by Crippen LogP contribution is 2.07. The lowest BCUT2D eigenvalue weighted by Crippen LogP contribution is -1.98. The summed E-state index contributed by atoms with van der Waals surface area (Å²) < 4.78 is 5.14. The third-order valence-corrected chi connectivity index (χ3v) is 1.28. The maximum atomic E-state index is 5.14. The summed E-state index contributed by atoms with van der Waals surface area (Å²) in [5.41, 5.74) is 0.882. The summed E-state index contributed by atoms with van der Waals surface area (Å²) in [5.74, 6) is 6.16. The van der Waals surface area contributed by atoms with Crippen LogP contribution in [-0.2, 0) is 11.4 Å². The first-order valence-electron chi connectivity index (χ1n) is 2.98. The average Bonchev–Trinajstić information content (AvgIpc) is 2.14. The molecule has 0 aliphatic rings. The third-order valence-electron chi connectivity index (χ3n) is 1.28. The second-order valence-corrected chi connectivity index (χ2v) is 2.06. The van der Waals surface area contributed by atoms with Crippen molar-refractivity contribution in [1.82, 2.24) is 4.98 Å². The van der Waals surface area contributed by atoms with E-state index in [1.54, 1.807) is 0 Å². The minimum atomic E-state index is 0.231. The average molecular weight is 142 g/mol. The Balaban J connectivity index is 2.77. The molecular weight excluding hydrogens is 132 g/mol. The number of hydrogen-bond donors (Lipinski definition) is 1. The molecule has 0 saturated carbocycles. The molecule has 0 radical (unpaired) electrons. The van der Waals surface area contributed by atoms with Crippen LogP contribution in [0.3, 0.4) is 0 Å². The Hall–Kier alpha value is -0.870. The lowest BCUT2D eigenvalue weighted by atomic mass is 10.4. The van der Waals surface area contributed by atoms with Crippen molar-refractivity contribution in [3.8, 4) is 0 Å². The molecule has 0 fully saturated rings. The molecule has 0 saturated heterocycles. The molecule has 0 amide bonds. The largest absolute Gasteiger partial charge is 0.443 e. The van der Waals surface area contributed by atoms with Crippen molar-refractivity contribution in [2.45, 2.75) is 20.5 Å². The van der Waals surface area contributed by atoms with Gasteiger partial charge in [0.2, 0.25) is 5.89 Å². The quantitative estimate of drug-likeness (QED) is 0.617. The molecule has 1 aromatic rings. The standard InChI is InChI=1S/C6H10N2O2/c1-4-5(2)10-6(8-4)3-9-7/h3,7H2,1-2H3. The molecule has 4 nitrogen and oxygen atoms in total. The zero-order valence-corrected chi connectivity index (χ0v) is 6.05. The smallest absolute Gasteiger partial charge is 0.222 e. The van der Waals surface area contributed by atoms with Gasteiger partial charge in [-0.3, -0.25) is 4.84 Å². The fourth-order valence-electron chi connectivity index (χ4n) is 0.672. The van der Waals surface area contributed by atoms with Crippen LogP contribution >= 0.6 is 0 Å². The molecular formula is C6H10N2O2. The van der Waals surface area contributed by atoms with Crippen molar-refractivity contribution in [2.75, 3.05) is 0 Å². The SMILES string of the molecule is Cc1nc(CON)oc1C. The first-order chi connectivity index (χ1) is 4.74. The Bertz CT molecular complexity index is 200. The number of aromatic nitrogens is 1. The highest BCUT2D eigenvalue weighted by atomic mass is 16.6. The van der Waals surface area contributed by atoms with Crippen molar-refractivity contribution < 1.29 is 9.25 Å². The van der Waals surface area contributed by atoms with Crippen LogP contribution in [0.25, 0.3) is 0 Å². The fourth-order valence-corrected chi connectivity index (χ4v) is 0.672. The normalized spacial score (nSPS) is 10.3. The predicted molar refractivity (Wildman–Crippen MR) is 35.0 cm³/mol. The van der Waals surface area contributed by atoms with Crippen LogP contribution < -0.4 is 5.90 Å². The number of nitrogens with zero attached hydrogens (tertiary/aromatic N) is 1. The van der Waals surface area contributed by atoms with Crippen LogP contribution in [0.4, 0.5) is 0 Å². The molecule has 1 aromatic heterocycles. The summed E-state index contributed by atoms with van der Waals surface area (Å²) in [6, 6.07) is 0. The van der Waals surface area contributed by atoms with Gasteiger partial charge in [0.15, 0.2) is 0 Å². The molecule has 10 heavy (non-hydrogen) atoms. The zero-order chi connectivity index (χ0) is 7.56. The van der Waals surface area contributed by atoms with E-state index in [4.69, 9.17) is 10.3 Å². The van der Waals surface area contributed by atoms with Crippen LogP contribution in [0.15, 0.2) is 4.42 Å². The van der Waals surface area contributed by atoms with Crippen molar-refractivity contribution in [3.63, 3.8) is 0 Å². The summed E-state index contributed by atoms with van der Waals surface area (Å²) in [6.07, 6.45) is 0. The summed E-state index contributed by atoms with van der Waals surface area (Å²) >= 11 is 0. The molecule has 0 aromatic carbocycles. The number of aryl methyl sites for hydroxylation is 2. The lowest BCUT2D eigenvalue weighted by molar-refractivity contribution is 0.104. The van der Waals surface area contributed by atoms with Gasteiger partial charge in [-0.25, -0.2) is 10.9 Å². The van der Waals surface area contributed by atoms with Gasteiger partial charge in [0.25, 0.3) is 0 Å². The summed E-state index contributed by atoms with van der Waals surface area (Å²) in [4.78, 5) is 8.37. The monoisotopic (exact) mass is 142 g/mol. The molecule has 0 unspecified atom stereocenters. The first kappa shape index (κ1) is 7.24. The van der Waals surface area contributed by atoms with E-state index in [0.717, 1.165) is 11.5 Å². The Morgan fingerprint density at radius 1 is 1.60 bits per heavy atom. The van der Waals surface area contributed by atoms with Gasteiger partial charge in [-0.2, -0.15) is 0 Å². The summed E-state index contributed by atoms with van der Waals surface area (Å²) in [6.45, 7) is 3.95. The van der Waals surface area contributed by atoms with Crippen LogP contribution in [0.2, 0.25) is 0 Å². The van der Waals surface area contributed by atoms with Gasteiger partial charge in [-0.15, -0.1) is 0 Å². The maximum Gasteiger partial charge on any atom is 0.222 e. The lowest BCUT2D eigenvalue weighted by Gasteiger charge is -1.87. The van der Waals surface area contributed by atoms with Crippen molar-refractivity contribution in [3.05, 3.63) is 17.3 Å². The van der Waals surface area contributed by atoms with Crippen LogP contribution in [-0.4, -0.2) is 4.98 Å². The van der Waals surface area contributed by atoms with Crippen LogP contribution in [0, 0.1) is 13.8 Å². The van der Waals surface area contributed by atoms with Gasteiger partial charge in [0.05, 0.1) is 5.69 Å². The van der Waals surface area contributed by atoms with E-state index in [1.807, 2.05) is 13.8 Å². The highest BCUT2D eigenvalue weighted by molar-refractivity contribution is 5.04. The van der Waals surface area contributed by atoms with Crippen molar-refractivity contribution in [2.24, 2.45) is 5.90 Å². The van der Waals surface area contributed by atoms with E-state index < -0.39 is 0 Å². The second kappa shape index (κ2) is 2.81. The molecule has 0 aliphatic carbocycles. The van der Waals surface area contributed by atoms with E-state index in [0.29, 0.717) is 5.89 Å². The molecule has 0 bridgehead atoms. The molecule has 0 spiro atoms. The molecule has 1 rings (SSSR count). The van der Waals surface area contributed by atoms with Gasteiger partial charge < -0.3 is 4.42 Å². The Morgan fingerprint density at radius 2 is 2.30 bits per heavy atom. The van der Waals surface area contributed by atoms with E-state index in [2.05, 4.69) is 9.82 Å². The van der Waals surface area contributed by atoms with Crippen LogP contribution in [0.5, 0.6) is 0 Å². The number of oxazole rings is 1. The van der Waals surface area contributed by atoms with Gasteiger partial charge in [0, 0.05) is 0 Å². The molecule has 1 heterocycles. The third kappa shape index (κ3) is 1.34. The van der Waals surface area contributed by atoms with Gasteiger partial charge in [0.1, 0.15) is 12.4 Å². The minimum Gasteiger partial charge on any atom is -0.443 e. The van der Waals surface area contributed by atoms with E-state index in [9.17, 15) is 0 Å². The van der Waals surface area contributed by atoms with Crippen molar-refractivity contribution in [1.29, 1.82) is 0 Å². The summed E-state index contributed by atoms with van der Waals surface area (Å²) in [7, 11) is 0. The van der Waals surface area contributed by atoms with Crippen LogP contribution in [0.1, 0.15) is 17.3 Å². The first-order valence-corrected chi connectivity index (χ1v) is 2.98. The highest BCUT2D eigenvalue weighted by Gasteiger charge is 2.03. The van der Waals surface area contributed by atoms with E-state index in [-0.39, 0.29) is 6.61 Å².